The van der Waals surface area contributed by atoms with Gasteiger partial charge in [-0.2, -0.15) is 5.10 Å². The summed E-state index contributed by atoms with van der Waals surface area (Å²) in [4.78, 5) is 10.2. The molecule has 0 heterocycles. The van der Waals surface area contributed by atoms with Crippen molar-refractivity contribution in [3.8, 4) is 0 Å². The van der Waals surface area contributed by atoms with Gasteiger partial charge in [-0.3, -0.25) is 0 Å². The van der Waals surface area contributed by atoms with Crippen molar-refractivity contribution in [1.82, 2.24) is 5.43 Å². The SMILES string of the molecule is C/C(=N/NC(N)=O)C(C)(C)C. The molecule has 0 aromatic rings. The van der Waals surface area contributed by atoms with E-state index in [0.717, 1.165) is 5.71 Å². The molecule has 0 spiro atoms. The van der Waals surface area contributed by atoms with Gasteiger partial charge in [0, 0.05) is 11.1 Å². The number of rotatable bonds is 1. The lowest BCUT2D eigenvalue weighted by Crippen LogP contribution is -2.28. The van der Waals surface area contributed by atoms with Gasteiger partial charge in [-0.05, 0) is 6.92 Å². The van der Waals surface area contributed by atoms with Crippen molar-refractivity contribution in [1.29, 1.82) is 0 Å². The molecule has 0 saturated carbocycles. The highest BCUT2D eigenvalue weighted by molar-refractivity contribution is 5.87. The monoisotopic (exact) mass is 157 g/mol. The van der Waals surface area contributed by atoms with Crippen LogP contribution in [0.3, 0.4) is 0 Å². The number of hydrogen-bond acceptors (Lipinski definition) is 2. The first-order valence-corrected chi connectivity index (χ1v) is 3.44. The van der Waals surface area contributed by atoms with Crippen molar-refractivity contribution in [3.05, 3.63) is 0 Å². The zero-order chi connectivity index (χ0) is 9.07. The molecule has 4 heteroatoms. The number of carbonyl (C=O) groups is 1. The molecular formula is C7H15N3O. The van der Waals surface area contributed by atoms with E-state index in [1.165, 1.54) is 0 Å². The molecule has 0 atom stereocenters. The van der Waals surface area contributed by atoms with Crippen LogP contribution in [-0.4, -0.2) is 11.7 Å². The van der Waals surface area contributed by atoms with Crippen LogP contribution < -0.4 is 11.2 Å². The highest BCUT2D eigenvalue weighted by atomic mass is 16.2. The van der Waals surface area contributed by atoms with E-state index in [1.807, 2.05) is 27.7 Å². The van der Waals surface area contributed by atoms with E-state index in [4.69, 9.17) is 5.73 Å². The maximum atomic E-state index is 10.2. The third-order valence-electron chi connectivity index (χ3n) is 1.42. The van der Waals surface area contributed by atoms with Gasteiger partial charge in [0.2, 0.25) is 0 Å². The van der Waals surface area contributed by atoms with E-state index >= 15 is 0 Å². The van der Waals surface area contributed by atoms with Crippen LogP contribution >= 0.6 is 0 Å². The summed E-state index contributed by atoms with van der Waals surface area (Å²) in [6.07, 6.45) is 0. The Morgan fingerprint density at radius 2 is 1.91 bits per heavy atom. The van der Waals surface area contributed by atoms with E-state index in [-0.39, 0.29) is 5.41 Å². The van der Waals surface area contributed by atoms with Crippen molar-refractivity contribution >= 4 is 11.7 Å². The summed E-state index contributed by atoms with van der Waals surface area (Å²) in [7, 11) is 0. The second kappa shape index (κ2) is 3.37. The summed E-state index contributed by atoms with van der Waals surface area (Å²) < 4.78 is 0. The van der Waals surface area contributed by atoms with Crippen LogP contribution in [0.5, 0.6) is 0 Å². The van der Waals surface area contributed by atoms with Crippen molar-refractivity contribution in [2.75, 3.05) is 0 Å². The molecule has 0 saturated heterocycles. The highest BCUT2D eigenvalue weighted by Crippen LogP contribution is 2.14. The summed E-state index contributed by atoms with van der Waals surface area (Å²) in [5.41, 5.74) is 7.82. The fourth-order valence-electron chi connectivity index (χ4n) is 0.307. The third kappa shape index (κ3) is 4.36. The van der Waals surface area contributed by atoms with E-state index in [9.17, 15) is 4.79 Å². The number of urea groups is 1. The van der Waals surface area contributed by atoms with E-state index in [0.29, 0.717) is 0 Å². The van der Waals surface area contributed by atoms with Gasteiger partial charge < -0.3 is 5.73 Å². The number of hydrogen-bond donors (Lipinski definition) is 2. The number of nitrogens with two attached hydrogens (primary N) is 1. The van der Waals surface area contributed by atoms with Crippen LogP contribution in [0.1, 0.15) is 27.7 Å². The number of amides is 2. The van der Waals surface area contributed by atoms with Crippen molar-refractivity contribution in [3.63, 3.8) is 0 Å². The van der Waals surface area contributed by atoms with Crippen LogP contribution in [0.4, 0.5) is 4.79 Å². The Labute approximate surface area is 66.8 Å². The van der Waals surface area contributed by atoms with Crippen LogP contribution in [0.2, 0.25) is 0 Å². The van der Waals surface area contributed by atoms with Crippen LogP contribution in [-0.2, 0) is 0 Å². The fourth-order valence-corrected chi connectivity index (χ4v) is 0.307. The standard InChI is InChI=1S/C7H15N3O/c1-5(7(2,3)4)9-10-6(8)11/h1-4H3,(H3,8,10,11)/b9-5-. The van der Waals surface area contributed by atoms with Gasteiger partial charge in [0.05, 0.1) is 0 Å². The minimum Gasteiger partial charge on any atom is -0.350 e. The molecule has 0 aliphatic heterocycles. The minimum atomic E-state index is -0.631. The summed E-state index contributed by atoms with van der Waals surface area (Å²) >= 11 is 0. The number of carbonyl (C=O) groups excluding carboxylic acids is 1. The van der Waals surface area contributed by atoms with Crippen molar-refractivity contribution in [2.24, 2.45) is 16.3 Å². The topological polar surface area (TPSA) is 67.5 Å². The minimum absolute atomic E-state index is 0.0253. The molecule has 64 valence electrons. The van der Waals surface area contributed by atoms with Gasteiger partial charge >= 0.3 is 6.03 Å². The Morgan fingerprint density at radius 1 is 1.45 bits per heavy atom. The predicted molar refractivity (Wildman–Crippen MR) is 45.3 cm³/mol. The Balaban J connectivity index is 4.12. The normalized spacial score (nSPS) is 12.9. The van der Waals surface area contributed by atoms with Crippen LogP contribution in [0.15, 0.2) is 5.10 Å². The zero-order valence-electron chi connectivity index (χ0n) is 7.43. The lowest BCUT2D eigenvalue weighted by atomic mass is 9.91. The third-order valence-corrected chi connectivity index (χ3v) is 1.42. The van der Waals surface area contributed by atoms with Gasteiger partial charge in [0.15, 0.2) is 0 Å². The lowest BCUT2D eigenvalue weighted by molar-refractivity contribution is 0.249. The Kier molecular flexibility index (Phi) is 3.04. The summed E-state index contributed by atoms with van der Waals surface area (Å²) in [5.74, 6) is 0. The smallest absolute Gasteiger partial charge is 0.332 e. The average molecular weight is 157 g/mol. The second-order valence-electron chi connectivity index (χ2n) is 3.42. The molecule has 2 amide bonds. The van der Waals surface area contributed by atoms with Crippen LogP contribution in [0.25, 0.3) is 0 Å². The fraction of sp³-hybridized carbons (Fsp3) is 0.714. The molecule has 0 unspecified atom stereocenters. The Bertz CT molecular complexity index is 179. The molecule has 0 fully saturated rings. The predicted octanol–water partition coefficient (Wildman–Crippen LogP) is 1.08. The molecule has 0 aliphatic rings. The number of primary amides is 1. The summed E-state index contributed by atoms with van der Waals surface area (Å²) in [5, 5.41) is 3.79. The average Bonchev–Trinajstić information content (AvgIpc) is 1.80. The molecule has 0 aromatic carbocycles. The molecule has 0 aromatic heterocycles. The molecule has 4 nitrogen and oxygen atoms in total. The quantitative estimate of drug-likeness (QED) is 0.434. The molecular weight excluding hydrogens is 142 g/mol. The summed E-state index contributed by atoms with van der Waals surface area (Å²) in [6.45, 7) is 7.87. The van der Waals surface area contributed by atoms with Gasteiger partial charge in [0.25, 0.3) is 0 Å². The number of nitrogens with zero attached hydrogens (tertiary/aromatic N) is 1. The number of hydrazone groups is 1. The van der Waals surface area contributed by atoms with E-state index < -0.39 is 6.03 Å². The van der Waals surface area contributed by atoms with E-state index in [2.05, 4.69) is 10.5 Å². The molecule has 0 aliphatic carbocycles. The first-order valence-electron chi connectivity index (χ1n) is 3.44. The van der Waals surface area contributed by atoms with Crippen molar-refractivity contribution in [2.45, 2.75) is 27.7 Å². The largest absolute Gasteiger partial charge is 0.350 e. The maximum Gasteiger partial charge on any atom is 0.332 e. The van der Waals surface area contributed by atoms with Crippen molar-refractivity contribution < 1.29 is 4.79 Å². The second-order valence-corrected chi connectivity index (χ2v) is 3.42. The maximum absolute atomic E-state index is 10.2. The lowest BCUT2D eigenvalue weighted by Gasteiger charge is -2.17. The van der Waals surface area contributed by atoms with Crippen LogP contribution in [0, 0.1) is 5.41 Å². The Morgan fingerprint density at radius 3 is 2.18 bits per heavy atom. The first kappa shape index (κ1) is 9.94. The molecule has 0 radical (unpaired) electrons. The molecule has 3 N–H and O–H groups in total. The van der Waals surface area contributed by atoms with Gasteiger partial charge in [-0.1, -0.05) is 20.8 Å². The highest BCUT2D eigenvalue weighted by Gasteiger charge is 2.13. The van der Waals surface area contributed by atoms with E-state index in [1.54, 1.807) is 0 Å². The molecule has 11 heavy (non-hydrogen) atoms. The Hall–Kier alpha value is -1.06. The van der Waals surface area contributed by atoms with Gasteiger partial charge in [-0.25, -0.2) is 10.2 Å². The molecule has 0 bridgehead atoms. The molecule has 0 rings (SSSR count). The van der Waals surface area contributed by atoms with Gasteiger partial charge in [-0.15, -0.1) is 0 Å². The zero-order valence-corrected chi connectivity index (χ0v) is 7.43. The summed E-state index contributed by atoms with van der Waals surface area (Å²) in [6, 6.07) is -0.631. The number of nitrogens with one attached hydrogen (secondary N) is 1. The van der Waals surface area contributed by atoms with Gasteiger partial charge in [0.1, 0.15) is 0 Å². The first-order chi connectivity index (χ1) is 4.84.